The zero-order valence-corrected chi connectivity index (χ0v) is 10.2. The molecule has 6 heteroatoms. The van der Waals surface area contributed by atoms with Crippen LogP contribution in [0.3, 0.4) is 0 Å². The molecule has 3 rings (SSSR count). The summed E-state index contributed by atoms with van der Waals surface area (Å²) in [7, 11) is 0. The number of pyridine rings is 2. The molecule has 0 saturated carbocycles. The molecule has 0 radical (unpaired) electrons. The molecular formula is C13H11N5O. The molecule has 0 aliphatic heterocycles. The first kappa shape index (κ1) is 11.3. The number of nitrogens with one attached hydrogen (secondary N) is 2. The molecule has 0 aliphatic carbocycles. The Balaban J connectivity index is 1.91. The Morgan fingerprint density at radius 1 is 1.26 bits per heavy atom. The number of aryl methyl sites for hydroxylation is 1. The maximum Gasteiger partial charge on any atom is 0.275 e. The zero-order chi connectivity index (χ0) is 13.2. The molecule has 0 aliphatic rings. The molecule has 0 aromatic carbocycles. The zero-order valence-electron chi connectivity index (χ0n) is 10.2. The van der Waals surface area contributed by atoms with Crippen LogP contribution in [0.2, 0.25) is 0 Å². The Bertz CT molecular complexity index is 749. The number of amides is 1. The van der Waals surface area contributed by atoms with Gasteiger partial charge in [0, 0.05) is 11.9 Å². The van der Waals surface area contributed by atoms with Gasteiger partial charge in [-0.25, -0.2) is 9.97 Å². The first-order valence-corrected chi connectivity index (χ1v) is 5.78. The maximum absolute atomic E-state index is 12.1. The number of aromatic amines is 1. The van der Waals surface area contributed by atoms with Crippen molar-refractivity contribution in [1.29, 1.82) is 0 Å². The molecule has 2 N–H and O–H groups in total. The first-order chi connectivity index (χ1) is 9.24. The van der Waals surface area contributed by atoms with Crippen LogP contribution in [0.5, 0.6) is 0 Å². The van der Waals surface area contributed by atoms with Crippen molar-refractivity contribution < 1.29 is 4.79 Å². The number of aromatic nitrogens is 4. The highest BCUT2D eigenvalue weighted by molar-refractivity contribution is 6.06. The Hall–Kier alpha value is -2.76. The van der Waals surface area contributed by atoms with Gasteiger partial charge in [-0.1, -0.05) is 6.07 Å². The summed E-state index contributed by atoms with van der Waals surface area (Å²) in [4.78, 5) is 20.3. The van der Waals surface area contributed by atoms with Gasteiger partial charge in [0.1, 0.15) is 11.5 Å². The van der Waals surface area contributed by atoms with Gasteiger partial charge in [0.15, 0.2) is 5.65 Å². The molecule has 3 heterocycles. The number of fused-ring (bicyclic) bond motifs is 1. The van der Waals surface area contributed by atoms with E-state index in [1.54, 1.807) is 24.4 Å². The van der Waals surface area contributed by atoms with Crippen molar-refractivity contribution in [2.75, 3.05) is 5.32 Å². The average molecular weight is 253 g/mol. The third-order valence-corrected chi connectivity index (χ3v) is 2.69. The van der Waals surface area contributed by atoms with Gasteiger partial charge in [-0.15, -0.1) is 0 Å². The fourth-order valence-electron chi connectivity index (χ4n) is 1.79. The quantitative estimate of drug-likeness (QED) is 0.730. The summed E-state index contributed by atoms with van der Waals surface area (Å²) in [5.74, 6) is 0.245. The lowest BCUT2D eigenvalue weighted by Crippen LogP contribution is -2.14. The van der Waals surface area contributed by atoms with Crippen LogP contribution in [0.1, 0.15) is 16.2 Å². The van der Waals surface area contributed by atoms with E-state index in [4.69, 9.17) is 0 Å². The molecule has 3 aromatic heterocycles. The van der Waals surface area contributed by atoms with Crippen LogP contribution in [-0.4, -0.2) is 26.1 Å². The molecule has 6 nitrogen and oxygen atoms in total. The Morgan fingerprint density at radius 2 is 2.16 bits per heavy atom. The summed E-state index contributed by atoms with van der Waals surface area (Å²) in [6.45, 7) is 1.84. The smallest absolute Gasteiger partial charge is 0.275 e. The number of anilines is 1. The summed E-state index contributed by atoms with van der Waals surface area (Å²) in [5, 5.41) is 10.3. The van der Waals surface area contributed by atoms with Crippen LogP contribution in [0.15, 0.2) is 36.5 Å². The number of rotatable bonds is 2. The largest absolute Gasteiger partial charge is 0.305 e. The van der Waals surface area contributed by atoms with E-state index in [9.17, 15) is 4.79 Å². The van der Waals surface area contributed by atoms with Crippen LogP contribution < -0.4 is 5.32 Å². The second-order valence-electron chi connectivity index (χ2n) is 4.09. The average Bonchev–Trinajstić information content (AvgIpc) is 2.82. The van der Waals surface area contributed by atoms with Crippen LogP contribution >= 0.6 is 0 Å². The molecule has 0 fully saturated rings. The number of carbonyl (C=O) groups is 1. The molecular weight excluding hydrogens is 242 g/mol. The minimum atomic E-state index is -0.280. The van der Waals surface area contributed by atoms with Gasteiger partial charge in [-0.2, -0.15) is 5.10 Å². The van der Waals surface area contributed by atoms with E-state index in [1.807, 2.05) is 19.1 Å². The van der Waals surface area contributed by atoms with E-state index >= 15 is 0 Å². The van der Waals surface area contributed by atoms with E-state index in [1.165, 1.54) is 0 Å². The molecule has 3 aromatic rings. The van der Waals surface area contributed by atoms with E-state index in [0.29, 0.717) is 17.2 Å². The minimum Gasteiger partial charge on any atom is -0.305 e. The van der Waals surface area contributed by atoms with E-state index < -0.39 is 0 Å². The van der Waals surface area contributed by atoms with Gasteiger partial charge in [0.25, 0.3) is 5.91 Å². The number of hydrogen-bond acceptors (Lipinski definition) is 4. The van der Waals surface area contributed by atoms with Crippen LogP contribution in [0.4, 0.5) is 5.82 Å². The van der Waals surface area contributed by atoms with Gasteiger partial charge in [0.2, 0.25) is 0 Å². The maximum atomic E-state index is 12.1. The highest BCUT2D eigenvalue weighted by atomic mass is 16.1. The Labute approximate surface area is 108 Å². The fraction of sp³-hybridized carbons (Fsp3) is 0.0769. The molecule has 0 bridgehead atoms. The lowest BCUT2D eigenvalue weighted by atomic mass is 10.3. The van der Waals surface area contributed by atoms with Crippen molar-refractivity contribution in [3.8, 4) is 0 Å². The van der Waals surface area contributed by atoms with Crippen molar-refractivity contribution in [1.82, 2.24) is 20.2 Å². The molecule has 0 unspecified atom stereocenters. The predicted octanol–water partition coefficient (Wildman–Crippen LogP) is 1.91. The topological polar surface area (TPSA) is 83.6 Å². The monoisotopic (exact) mass is 253 g/mol. The molecule has 19 heavy (non-hydrogen) atoms. The number of carbonyl (C=O) groups excluding carboxylic acids is 1. The number of H-pyrrole nitrogens is 1. The number of hydrogen-bond donors (Lipinski definition) is 2. The molecule has 1 amide bonds. The minimum absolute atomic E-state index is 0.280. The highest BCUT2D eigenvalue weighted by Gasteiger charge is 2.11. The summed E-state index contributed by atoms with van der Waals surface area (Å²) < 4.78 is 0. The van der Waals surface area contributed by atoms with Crippen molar-refractivity contribution in [2.24, 2.45) is 0 Å². The van der Waals surface area contributed by atoms with Crippen molar-refractivity contribution >= 4 is 22.8 Å². The van der Waals surface area contributed by atoms with Crippen molar-refractivity contribution in [3.05, 3.63) is 47.9 Å². The van der Waals surface area contributed by atoms with Gasteiger partial charge in [-0.05, 0) is 31.2 Å². The van der Waals surface area contributed by atoms with Gasteiger partial charge in [-0.3, -0.25) is 9.89 Å². The molecule has 0 atom stereocenters. The van der Waals surface area contributed by atoms with Gasteiger partial charge < -0.3 is 5.32 Å². The summed E-state index contributed by atoms with van der Waals surface area (Å²) in [5.41, 5.74) is 1.73. The van der Waals surface area contributed by atoms with E-state index in [-0.39, 0.29) is 5.91 Å². The second kappa shape index (κ2) is 4.49. The summed E-state index contributed by atoms with van der Waals surface area (Å²) in [6, 6.07) is 8.93. The molecule has 0 saturated heterocycles. The summed E-state index contributed by atoms with van der Waals surface area (Å²) >= 11 is 0. The SMILES string of the molecule is Cc1cccc(C(=O)Nc2[nH]nc3ncccc23)n1. The lowest BCUT2D eigenvalue weighted by Gasteiger charge is -2.03. The lowest BCUT2D eigenvalue weighted by molar-refractivity contribution is 0.102. The third kappa shape index (κ3) is 2.15. The van der Waals surface area contributed by atoms with Crippen LogP contribution in [0.25, 0.3) is 11.0 Å². The standard InChI is InChI=1S/C13H11N5O/c1-8-4-2-6-10(15-8)13(19)16-12-9-5-3-7-14-11(9)17-18-12/h2-7H,1H3,(H2,14,16,17,18,19). The van der Waals surface area contributed by atoms with Crippen LogP contribution in [0, 0.1) is 6.92 Å². The predicted molar refractivity (Wildman–Crippen MR) is 70.8 cm³/mol. The second-order valence-corrected chi connectivity index (χ2v) is 4.09. The van der Waals surface area contributed by atoms with Gasteiger partial charge in [0.05, 0.1) is 5.39 Å². The van der Waals surface area contributed by atoms with Crippen molar-refractivity contribution in [2.45, 2.75) is 6.92 Å². The fourth-order valence-corrected chi connectivity index (χ4v) is 1.79. The summed E-state index contributed by atoms with van der Waals surface area (Å²) in [6.07, 6.45) is 1.65. The molecule has 94 valence electrons. The normalized spacial score (nSPS) is 10.6. The van der Waals surface area contributed by atoms with E-state index in [0.717, 1.165) is 11.1 Å². The molecule has 0 spiro atoms. The van der Waals surface area contributed by atoms with Gasteiger partial charge >= 0.3 is 0 Å². The van der Waals surface area contributed by atoms with E-state index in [2.05, 4.69) is 25.5 Å². The third-order valence-electron chi connectivity index (χ3n) is 2.69. The Morgan fingerprint density at radius 3 is 3.00 bits per heavy atom. The number of nitrogens with zero attached hydrogens (tertiary/aromatic N) is 3. The Kier molecular flexibility index (Phi) is 2.68. The van der Waals surface area contributed by atoms with Crippen LogP contribution in [-0.2, 0) is 0 Å². The van der Waals surface area contributed by atoms with Crippen molar-refractivity contribution in [3.63, 3.8) is 0 Å². The highest BCUT2D eigenvalue weighted by Crippen LogP contribution is 2.18. The first-order valence-electron chi connectivity index (χ1n) is 5.78.